The van der Waals surface area contributed by atoms with Crippen molar-refractivity contribution in [1.29, 1.82) is 0 Å². The van der Waals surface area contributed by atoms with Gasteiger partial charge < -0.3 is 15.2 Å². The van der Waals surface area contributed by atoms with Crippen molar-refractivity contribution in [3.63, 3.8) is 0 Å². The van der Waals surface area contributed by atoms with Crippen LogP contribution in [0, 0.1) is 0 Å². The smallest absolute Gasteiger partial charge is 0.387 e. The van der Waals surface area contributed by atoms with Crippen molar-refractivity contribution >= 4 is 26.9 Å². The third-order valence-corrected chi connectivity index (χ3v) is 7.99. The highest BCUT2D eigenvalue weighted by atomic mass is 32.2. The van der Waals surface area contributed by atoms with Crippen LogP contribution >= 0.6 is 11.3 Å². The number of aromatic nitrogens is 1. The topological polar surface area (TPSA) is 110 Å². The zero-order valence-electron chi connectivity index (χ0n) is 19.3. The predicted octanol–water partition coefficient (Wildman–Crippen LogP) is 5.38. The van der Waals surface area contributed by atoms with Gasteiger partial charge in [0.25, 0.3) is 0 Å². The second kappa shape index (κ2) is 9.98. The largest absolute Gasteiger partial charge is 0.435 e. The van der Waals surface area contributed by atoms with Gasteiger partial charge in [-0.05, 0) is 55.9 Å². The summed E-state index contributed by atoms with van der Waals surface area (Å²) in [5, 5.41) is 19.8. The number of alkyl halides is 2. The van der Waals surface area contributed by atoms with Crippen molar-refractivity contribution in [2.24, 2.45) is 9.50 Å². The molecule has 1 aromatic carbocycles. The fourth-order valence-electron chi connectivity index (χ4n) is 3.11. The average Bonchev–Trinajstić information content (AvgIpc) is 3.12. The molecule has 7 nitrogen and oxygen atoms in total. The first-order valence-corrected chi connectivity index (χ1v) is 12.6. The highest BCUT2D eigenvalue weighted by molar-refractivity contribution is 7.93. The van der Waals surface area contributed by atoms with Gasteiger partial charge >= 0.3 is 6.61 Å². The van der Waals surface area contributed by atoms with Crippen LogP contribution in [0.1, 0.15) is 76.4 Å². The van der Waals surface area contributed by atoms with Crippen molar-refractivity contribution in [2.45, 2.75) is 82.9 Å². The molecule has 180 valence electrons. The maximum absolute atomic E-state index is 13.1. The molecule has 0 spiro atoms. The lowest BCUT2D eigenvalue weighted by atomic mass is 9.92. The van der Waals surface area contributed by atoms with E-state index in [1.54, 1.807) is 32.9 Å². The van der Waals surface area contributed by atoms with E-state index in [-0.39, 0.29) is 21.8 Å². The molecule has 0 aliphatic heterocycles. The summed E-state index contributed by atoms with van der Waals surface area (Å²) in [6.07, 6.45) is 0.712. The van der Waals surface area contributed by atoms with Crippen LogP contribution in [0.2, 0.25) is 0 Å². The summed E-state index contributed by atoms with van der Waals surface area (Å²) in [5.74, 6) is 0.0944. The monoisotopic (exact) mass is 490 g/mol. The first-order chi connectivity index (χ1) is 14.6. The molecule has 0 fully saturated rings. The summed E-state index contributed by atoms with van der Waals surface area (Å²) in [4.78, 5) is 4.11. The number of nitrogens with two attached hydrogens (primary N) is 1. The van der Waals surface area contributed by atoms with E-state index >= 15 is 0 Å². The Hall–Kier alpha value is -1.82. The molecule has 0 saturated carbocycles. The molecule has 0 aliphatic rings. The SMILES string of the molecule is CC(N=S(N)(=O)c1cnc(C(C)(C)O)s1)Nc1c(C(C)C)cc(OC(F)F)cc1C(C)C. The fraction of sp³-hybridized carbons (Fsp3) is 0.571. The molecule has 4 N–H and O–H groups in total. The number of nitrogens with zero attached hydrogens (tertiary/aromatic N) is 2. The minimum atomic E-state index is -3.28. The molecule has 2 unspecified atom stereocenters. The Morgan fingerprint density at radius 2 is 1.72 bits per heavy atom. The Labute approximate surface area is 192 Å². The van der Waals surface area contributed by atoms with Crippen molar-refractivity contribution in [3.05, 3.63) is 34.5 Å². The van der Waals surface area contributed by atoms with Crippen LogP contribution in [0.25, 0.3) is 0 Å². The Morgan fingerprint density at radius 1 is 1.19 bits per heavy atom. The summed E-state index contributed by atoms with van der Waals surface area (Å²) in [7, 11) is -3.28. The number of benzene rings is 1. The second-order valence-electron chi connectivity index (χ2n) is 8.70. The van der Waals surface area contributed by atoms with Gasteiger partial charge in [-0.15, -0.1) is 11.3 Å². The zero-order valence-corrected chi connectivity index (χ0v) is 21.0. The number of aliphatic hydroxyl groups is 1. The summed E-state index contributed by atoms with van der Waals surface area (Å²) in [6.45, 7) is 9.73. The number of thiazole rings is 1. The van der Waals surface area contributed by atoms with Crippen molar-refractivity contribution in [3.8, 4) is 5.75 Å². The highest BCUT2D eigenvalue weighted by Crippen LogP contribution is 2.37. The molecule has 11 heteroatoms. The van der Waals surface area contributed by atoms with Crippen molar-refractivity contribution < 1.29 is 22.8 Å². The first-order valence-electron chi connectivity index (χ1n) is 10.2. The normalized spacial score (nSPS) is 15.2. The van der Waals surface area contributed by atoms with E-state index in [0.29, 0.717) is 5.01 Å². The molecule has 0 radical (unpaired) electrons. The van der Waals surface area contributed by atoms with Crippen LogP contribution in [-0.4, -0.2) is 27.1 Å². The maximum atomic E-state index is 13.1. The molecule has 1 heterocycles. The minimum absolute atomic E-state index is 0.00138. The zero-order chi connectivity index (χ0) is 24.4. The fourth-order valence-corrected chi connectivity index (χ4v) is 5.43. The van der Waals surface area contributed by atoms with Gasteiger partial charge in [-0.1, -0.05) is 27.7 Å². The van der Waals surface area contributed by atoms with E-state index in [2.05, 4.69) is 19.4 Å². The maximum Gasteiger partial charge on any atom is 0.387 e. The summed E-state index contributed by atoms with van der Waals surface area (Å²) < 4.78 is 47.9. The van der Waals surface area contributed by atoms with Crippen LogP contribution in [0.15, 0.2) is 26.9 Å². The Kier molecular flexibility index (Phi) is 8.25. The van der Waals surface area contributed by atoms with Gasteiger partial charge in [-0.25, -0.2) is 14.3 Å². The Morgan fingerprint density at radius 3 is 2.12 bits per heavy atom. The van der Waals surface area contributed by atoms with Crippen LogP contribution < -0.4 is 15.2 Å². The molecular formula is C21H32F2N4O3S2. The van der Waals surface area contributed by atoms with Crippen LogP contribution in [0.5, 0.6) is 5.75 Å². The standard InChI is InChI=1S/C21H32F2N4O3S2/c1-11(2)15-8-14(30-20(22)23)9-16(12(3)4)18(15)26-13(5)27-32(24,29)17-10-25-19(31-17)21(6,7)28/h8-13,20,26,28H,1-7H3,(H2,24,27,29). The van der Waals surface area contributed by atoms with Crippen LogP contribution in [-0.2, 0) is 15.5 Å². The van der Waals surface area contributed by atoms with E-state index in [0.717, 1.165) is 28.2 Å². The molecule has 0 bridgehead atoms. The minimum Gasteiger partial charge on any atom is -0.435 e. The van der Waals surface area contributed by atoms with Gasteiger partial charge in [-0.2, -0.15) is 13.1 Å². The van der Waals surface area contributed by atoms with Gasteiger partial charge in [0.05, 0.1) is 6.20 Å². The Balaban J connectivity index is 2.46. The molecular weight excluding hydrogens is 458 g/mol. The van der Waals surface area contributed by atoms with Gasteiger partial charge in [0, 0.05) is 5.69 Å². The van der Waals surface area contributed by atoms with E-state index in [4.69, 9.17) is 5.14 Å². The number of rotatable bonds is 9. The lowest BCUT2D eigenvalue weighted by Gasteiger charge is -2.24. The second-order valence-corrected chi connectivity index (χ2v) is 11.8. The molecule has 2 rings (SSSR count). The molecule has 2 aromatic rings. The third-order valence-electron chi connectivity index (χ3n) is 4.61. The van der Waals surface area contributed by atoms with E-state index < -0.39 is 28.3 Å². The number of nitrogens with one attached hydrogen (secondary N) is 1. The Bertz CT molecular complexity index is 1030. The molecule has 1 aromatic heterocycles. The lowest BCUT2D eigenvalue weighted by molar-refractivity contribution is -0.0499. The van der Waals surface area contributed by atoms with Gasteiger partial charge in [0.1, 0.15) is 36.6 Å². The van der Waals surface area contributed by atoms with Gasteiger partial charge in [-0.3, -0.25) is 0 Å². The number of anilines is 1. The van der Waals surface area contributed by atoms with Gasteiger partial charge in [0.2, 0.25) is 0 Å². The van der Waals surface area contributed by atoms with E-state index in [9.17, 15) is 18.1 Å². The summed E-state index contributed by atoms with van der Waals surface area (Å²) in [6, 6.07) is 3.16. The summed E-state index contributed by atoms with van der Waals surface area (Å²) >= 11 is 1.05. The van der Waals surface area contributed by atoms with Crippen LogP contribution in [0.4, 0.5) is 14.5 Å². The van der Waals surface area contributed by atoms with Crippen molar-refractivity contribution in [2.75, 3.05) is 5.32 Å². The van der Waals surface area contributed by atoms with E-state index in [1.165, 1.54) is 6.20 Å². The number of hydrogen-bond donors (Lipinski definition) is 3. The van der Waals surface area contributed by atoms with Crippen molar-refractivity contribution in [1.82, 2.24) is 4.98 Å². The average molecular weight is 491 g/mol. The van der Waals surface area contributed by atoms with Gasteiger partial charge in [0.15, 0.2) is 0 Å². The first kappa shape index (κ1) is 26.4. The predicted molar refractivity (Wildman–Crippen MR) is 125 cm³/mol. The quantitative estimate of drug-likeness (QED) is 0.437. The molecule has 0 amide bonds. The number of halogens is 2. The highest BCUT2D eigenvalue weighted by Gasteiger charge is 2.24. The molecule has 2 atom stereocenters. The molecule has 0 aliphatic carbocycles. The number of hydrogen-bond acceptors (Lipinski definition) is 7. The third kappa shape index (κ3) is 6.60. The molecule has 0 saturated heterocycles. The van der Waals surface area contributed by atoms with E-state index in [1.807, 2.05) is 27.7 Å². The van der Waals surface area contributed by atoms with Crippen LogP contribution in [0.3, 0.4) is 0 Å². The lowest BCUT2D eigenvalue weighted by Crippen LogP contribution is -2.21. The summed E-state index contributed by atoms with van der Waals surface area (Å²) in [5.41, 5.74) is 1.10. The molecule has 32 heavy (non-hydrogen) atoms. The number of ether oxygens (including phenoxy) is 1.